The third-order valence-corrected chi connectivity index (χ3v) is 4.04. The van der Waals surface area contributed by atoms with Crippen LogP contribution < -0.4 is 5.73 Å². The lowest BCUT2D eigenvalue weighted by Gasteiger charge is -2.30. The number of benzene rings is 1. The van der Waals surface area contributed by atoms with E-state index in [-0.39, 0.29) is 0 Å². The summed E-state index contributed by atoms with van der Waals surface area (Å²) in [6, 6.07) is 6.29. The molecule has 2 aromatic rings. The van der Waals surface area contributed by atoms with Gasteiger partial charge in [-0.1, -0.05) is 19.3 Å². The Hall–Kier alpha value is -1.55. The van der Waals surface area contributed by atoms with E-state index in [1.807, 2.05) is 18.2 Å². The number of rotatable bonds is 3. The lowest BCUT2D eigenvalue weighted by molar-refractivity contribution is 0.171. The van der Waals surface area contributed by atoms with Gasteiger partial charge in [0, 0.05) is 17.8 Å². The Kier molecular flexibility index (Phi) is 3.42. The zero-order chi connectivity index (χ0) is 13.2. The molecule has 1 fully saturated rings. The number of nitrogens with two attached hydrogens (primary N) is 1. The highest BCUT2D eigenvalue weighted by atomic mass is 16.3. The third kappa shape index (κ3) is 2.73. The molecule has 1 aromatic heterocycles. The second-order valence-electron chi connectivity index (χ2n) is 5.54. The standard InChI is InChI=1S/C15H21N3O/c1-18(12-5-3-2-4-6-12)10-15-17-13-8-7-11(16)9-14(13)19-15/h7-9,12H,2-6,10,16H2,1H3. The molecule has 1 heterocycles. The van der Waals surface area contributed by atoms with Gasteiger partial charge in [-0.3, -0.25) is 4.90 Å². The van der Waals surface area contributed by atoms with Crippen molar-refractivity contribution < 1.29 is 4.42 Å². The van der Waals surface area contributed by atoms with E-state index < -0.39 is 0 Å². The van der Waals surface area contributed by atoms with Gasteiger partial charge in [0.2, 0.25) is 5.89 Å². The summed E-state index contributed by atoms with van der Waals surface area (Å²) in [5.74, 6) is 0.786. The van der Waals surface area contributed by atoms with Crippen molar-refractivity contribution in [3.63, 3.8) is 0 Å². The SMILES string of the molecule is CN(Cc1nc2ccc(N)cc2o1)C1CCCCC1. The fourth-order valence-electron chi connectivity index (χ4n) is 2.92. The minimum absolute atomic E-state index is 0.675. The maximum absolute atomic E-state index is 5.78. The first kappa shape index (κ1) is 12.5. The van der Waals surface area contributed by atoms with Crippen LogP contribution in [-0.2, 0) is 6.54 Å². The Morgan fingerprint density at radius 1 is 1.32 bits per heavy atom. The van der Waals surface area contributed by atoms with E-state index in [2.05, 4.69) is 16.9 Å². The number of nitrogen functional groups attached to an aromatic ring is 1. The number of nitrogens with zero attached hydrogens (tertiary/aromatic N) is 2. The van der Waals surface area contributed by atoms with Crippen molar-refractivity contribution in [2.24, 2.45) is 0 Å². The summed E-state index contributed by atoms with van der Waals surface area (Å²) in [6.07, 6.45) is 6.66. The lowest BCUT2D eigenvalue weighted by atomic mass is 9.94. The highest BCUT2D eigenvalue weighted by Gasteiger charge is 2.19. The normalized spacial score (nSPS) is 17.4. The van der Waals surface area contributed by atoms with Crippen LogP contribution in [0, 0.1) is 0 Å². The quantitative estimate of drug-likeness (QED) is 0.860. The fraction of sp³-hybridized carbons (Fsp3) is 0.533. The molecule has 2 N–H and O–H groups in total. The van der Waals surface area contributed by atoms with Crippen molar-refractivity contribution in [3.05, 3.63) is 24.1 Å². The van der Waals surface area contributed by atoms with Crippen molar-refractivity contribution in [1.82, 2.24) is 9.88 Å². The molecule has 1 saturated carbocycles. The Morgan fingerprint density at radius 3 is 2.89 bits per heavy atom. The summed E-state index contributed by atoms with van der Waals surface area (Å²) >= 11 is 0. The van der Waals surface area contributed by atoms with Crippen LogP contribution in [-0.4, -0.2) is 23.0 Å². The molecule has 1 aliphatic carbocycles. The molecule has 0 saturated heterocycles. The third-order valence-electron chi connectivity index (χ3n) is 4.04. The van der Waals surface area contributed by atoms with Gasteiger partial charge in [0.25, 0.3) is 0 Å². The first-order chi connectivity index (χ1) is 9.22. The van der Waals surface area contributed by atoms with E-state index in [0.29, 0.717) is 6.04 Å². The molecule has 3 rings (SSSR count). The summed E-state index contributed by atoms with van der Waals surface area (Å²) in [4.78, 5) is 6.89. The molecule has 0 bridgehead atoms. The van der Waals surface area contributed by atoms with Crippen molar-refractivity contribution >= 4 is 16.8 Å². The molecule has 0 aliphatic heterocycles. The van der Waals surface area contributed by atoms with Crippen LogP contribution in [0.2, 0.25) is 0 Å². The smallest absolute Gasteiger partial charge is 0.209 e. The average Bonchev–Trinajstić information content (AvgIpc) is 2.81. The zero-order valence-electron chi connectivity index (χ0n) is 11.4. The van der Waals surface area contributed by atoms with Crippen molar-refractivity contribution in [2.45, 2.75) is 44.7 Å². The molecule has 0 unspecified atom stereocenters. The van der Waals surface area contributed by atoms with Crippen molar-refractivity contribution in [3.8, 4) is 0 Å². The Morgan fingerprint density at radius 2 is 2.11 bits per heavy atom. The van der Waals surface area contributed by atoms with E-state index in [1.165, 1.54) is 32.1 Å². The molecule has 19 heavy (non-hydrogen) atoms. The van der Waals surface area contributed by atoms with Crippen LogP contribution >= 0.6 is 0 Å². The van der Waals surface area contributed by atoms with Crippen LogP contribution in [0.1, 0.15) is 38.0 Å². The molecule has 1 aromatic carbocycles. The summed E-state index contributed by atoms with van der Waals surface area (Å²) in [5.41, 5.74) is 8.15. The van der Waals surface area contributed by atoms with Crippen molar-refractivity contribution in [2.75, 3.05) is 12.8 Å². The molecule has 4 heteroatoms. The van der Waals surface area contributed by atoms with Gasteiger partial charge in [0.05, 0.1) is 6.54 Å². The largest absolute Gasteiger partial charge is 0.439 e. The van der Waals surface area contributed by atoms with E-state index in [1.54, 1.807) is 0 Å². The molecule has 0 radical (unpaired) electrons. The first-order valence-corrected chi connectivity index (χ1v) is 7.07. The summed E-state index contributed by atoms with van der Waals surface area (Å²) in [5, 5.41) is 0. The second kappa shape index (κ2) is 5.21. The highest BCUT2D eigenvalue weighted by molar-refractivity contribution is 5.76. The van der Waals surface area contributed by atoms with E-state index in [4.69, 9.17) is 10.2 Å². The fourth-order valence-corrected chi connectivity index (χ4v) is 2.92. The number of aromatic nitrogens is 1. The number of oxazole rings is 1. The van der Waals surface area contributed by atoms with E-state index in [0.717, 1.165) is 29.2 Å². The molecule has 0 atom stereocenters. The Bertz CT molecular complexity index is 558. The predicted octanol–water partition coefficient (Wildman–Crippen LogP) is 3.17. The summed E-state index contributed by atoms with van der Waals surface area (Å²) in [6.45, 7) is 0.777. The predicted molar refractivity (Wildman–Crippen MR) is 76.8 cm³/mol. The van der Waals surface area contributed by atoms with Gasteiger partial charge in [0.1, 0.15) is 5.52 Å². The molecule has 102 valence electrons. The molecule has 4 nitrogen and oxygen atoms in total. The van der Waals surface area contributed by atoms with Gasteiger partial charge >= 0.3 is 0 Å². The first-order valence-electron chi connectivity index (χ1n) is 7.07. The minimum Gasteiger partial charge on any atom is -0.439 e. The second-order valence-corrected chi connectivity index (χ2v) is 5.54. The maximum Gasteiger partial charge on any atom is 0.209 e. The van der Waals surface area contributed by atoms with Gasteiger partial charge in [-0.25, -0.2) is 4.98 Å². The molecule has 0 spiro atoms. The number of fused-ring (bicyclic) bond motifs is 1. The Balaban J connectivity index is 1.73. The monoisotopic (exact) mass is 259 g/mol. The van der Waals surface area contributed by atoms with Crippen LogP contribution in [0.3, 0.4) is 0 Å². The molecule has 1 aliphatic rings. The number of anilines is 1. The van der Waals surface area contributed by atoms with Crippen molar-refractivity contribution in [1.29, 1.82) is 0 Å². The van der Waals surface area contributed by atoms with Gasteiger partial charge < -0.3 is 10.2 Å². The molecular weight excluding hydrogens is 238 g/mol. The topological polar surface area (TPSA) is 55.3 Å². The van der Waals surface area contributed by atoms with Gasteiger partial charge in [-0.05, 0) is 32.0 Å². The minimum atomic E-state index is 0.675. The van der Waals surface area contributed by atoms with Crippen LogP contribution in [0.15, 0.2) is 22.6 Å². The Labute approximate surface area is 113 Å². The van der Waals surface area contributed by atoms with E-state index in [9.17, 15) is 0 Å². The zero-order valence-corrected chi connectivity index (χ0v) is 11.4. The maximum atomic E-state index is 5.78. The van der Waals surface area contributed by atoms with Crippen LogP contribution in [0.25, 0.3) is 11.1 Å². The number of hydrogen-bond donors (Lipinski definition) is 1. The summed E-state index contributed by atoms with van der Waals surface area (Å²) in [7, 11) is 2.17. The van der Waals surface area contributed by atoms with Gasteiger partial charge in [0.15, 0.2) is 5.58 Å². The van der Waals surface area contributed by atoms with Gasteiger partial charge in [-0.15, -0.1) is 0 Å². The highest BCUT2D eigenvalue weighted by Crippen LogP contribution is 2.24. The van der Waals surface area contributed by atoms with Crippen LogP contribution in [0.4, 0.5) is 5.69 Å². The number of hydrogen-bond acceptors (Lipinski definition) is 4. The average molecular weight is 259 g/mol. The lowest BCUT2D eigenvalue weighted by Crippen LogP contribution is -2.32. The molecular formula is C15H21N3O. The van der Waals surface area contributed by atoms with Crippen LogP contribution in [0.5, 0.6) is 0 Å². The molecule has 0 amide bonds. The van der Waals surface area contributed by atoms with Gasteiger partial charge in [-0.2, -0.15) is 0 Å². The summed E-state index contributed by atoms with van der Waals surface area (Å²) < 4.78 is 5.78. The van der Waals surface area contributed by atoms with E-state index >= 15 is 0 Å².